The molecule has 1 rings (SSSR count). The van der Waals surface area contributed by atoms with E-state index in [0.717, 1.165) is 9.99 Å². The van der Waals surface area contributed by atoms with Crippen molar-refractivity contribution in [3.8, 4) is 0 Å². The molecule has 0 saturated heterocycles. The van der Waals surface area contributed by atoms with Gasteiger partial charge in [0.1, 0.15) is 0 Å². The Morgan fingerprint density at radius 1 is 1.45 bits per heavy atom. The monoisotopic (exact) mass is 262 g/mol. The van der Waals surface area contributed by atoms with Crippen molar-refractivity contribution in [3.05, 3.63) is 35.4 Å². The molecule has 60 valence electrons. The Hall–Kier alpha value is -0.0900. The third kappa shape index (κ3) is 2.17. The molecule has 0 fully saturated rings. The normalized spacial score (nSPS) is 13.0. The lowest BCUT2D eigenvalue weighted by Crippen LogP contribution is -1.95. The minimum atomic E-state index is -0.346. The summed E-state index contributed by atoms with van der Waals surface area (Å²) < 4.78 is 0.957. The predicted molar refractivity (Wildman–Crippen MR) is 54.8 cm³/mol. The fourth-order valence-corrected chi connectivity index (χ4v) is 1.76. The fraction of sp³-hybridized carbons (Fsp3) is 0.333. The zero-order valence-electron chi connectivity index (χ0n) is 6.42. The van der Waals surface area contributed by atoms with Gasteiger partial charge in [-0.1, -0.05) is 46.9 Å². The standard InChI is InChI=1S/C9H11IO/c1-7(11)9-5-3-2-4-8(9)6-10/h2-5,7,11H,6H2,1H3/t7-/m1/s1. The maximum absolute atomic E-state index is 9.33. The van der Waals surface area contributed by atoms with Gasteiger partial charge in [-0.3, -0.25) is 0 Å². The van der Waals surface area contributed by atoms with E-state index >= 15 is 0 Å². The molecule has 0 saturated carbocycles. The molecule has 11 heavy (non-hydrogen) atoms. The average Bonchev–Trinajstić information content (AvgIpc) is 2.04. The number of aliphatic hydroxyl groups excluding tert-OH is 1. The lowest BCUT2D eigenvalue weighted by molar-refractivity contribution is 0.198. The second-order valence-corrected chi connectivity index (χ2v) is 3.27. The molecular formula is C9H11IO. The van der Waals surface area contributed by atoms with E-state index in [9.17, 15) is 5.11 Å². The second-order valence-electron chi connectivity index (χ2n) is 2.51. The van der Waals surface area contributed by atoms with E-state index in [-0.39, 0.29) is 6.10 Å². The van der Waals surface area contributed by atoms with Gasteiger partial charge in [-0.25, -0.2) is 0 Å². The predicted octanol–water partition coefficient (Wildman–Crippen LogP) is 2.67. The van der Waals surface area contributed by atoms with Crippen molar-refractivity contribution in [3.63, 3.8) is 0 Å². The van der Waals surface area contributed by atoms with E-state index in [2.05, 4.69) is 28.7 Å². The van der Waals surface area contributed by atoms with Gasteiger partial charge in [0.15, 0.2) is 0 Å². The van der Waals surface area contributed by atoms with Gasteiger partial charge in [-0.15, -0.1) is 0 Å². The van der Waals surface area contributed by atoms with Crippen molar-refractivity contribution in [1.29, 1.82) is 0 Å². The molecule has 0 aromatic heterocycles. The van der Waals surface area contributed by atoms with Gasteiger partial charge in [0.25, 0.3) is 0 Å². The number of hydrogen-bond acceptors (Lipinski definition) is 1. The molecular weight excluding hydrogens is 251 g/mol. The first-order valence-corrected chi connectivity index (χ1v) is 5.10. The van der Waals surface area contributed by atoms with Crippen molar-refractivity contribution in [1.82, 2.24) is 0 Å². The first-order valence-electron chi connectivity index (χ1n) is 3.57. The highest BCUT2D eigenvalue weighted by atomic mass is 127. The first kappa shape index (κ1) is 9.00. The quantitative estimate of drug-likeness (QED) is 0.641. The number of benzene rings is 1. The fourth-order valence-electron chi connectivity index (χ4n) is 1.06. The topological polar surface area (TPSA) is 20.2 Å². The number of aliphatic hydroxyl groups is 1. The Balaban J connectivity index is 3.02. The van der Waals surface area contributed by atoms with Crippen molar-refractivity contribution in [2.24, 2.45) is 0 Å². The minimum Gasteiger partial charge on any atom is -0.389 e. The van der Waals surface area contributed by atoms with Gasteiger partial charge >= 0.3 is 0 Å². The van der Waals surface area contributed by atoms with E-state index < -0.39 is 0 Å². The van der Waals surface area contributed by atoms with Crippen LogP contribution in [-0.4, -0.2) is 5.11 Å². The summed E-state index contributed by atoms with van der Waals surface area (Å²) in [5, 5.41) is 9.33. The molecule has 0 bridgehead atoms. The van der Waals surface area contributed by atoms with Crippen LogP contribution in [0.5, 0.6) is 0 Å². The van der Waals surface area contributed by atoms with Crippen LogP contribution in [-0.2, 0) is 4.43 Å². The van der Waals surface area contributed by atoms with Gasteiger partial charge in [-0.2, -0.15) is 0 Å². The molecule has 0 aliphatic heterocycles. The molecule has 0 radical (unpaired) electrons. The Morgan fingerprint density at radius 2 is 2.09 bits per heavy atom. The van der Waals surface area contributed by atoms with Crippen LogP contribution in [0.4, 0.5) is 0 Å². The van der Waals surface area contributed by atoms with E-state index in [1.165, 1.54) is 5.56 Å². The summed E-state index contributed by atoms with van der Waals surface area (Å²) in [7, 11) is 0. The molecule has 0 spiro atoms. The maximum Gasteiger partial charge on any atom is 0.0764 e. The van der Waals surface area contributed by atoms with Crippen molar-refractivity contribution >= 4 is 22.6 Å². The third-order valence-corrected chi connectivity index (χ3v) is 2.47. The van der Waals surface area contributed by atoms with Crippen LogP contribution in [0, 0.1) is 0 Å². The highest BCUT2D eigenvalue weighted by Crippen LogP contribution is 2.19. The SMILES string of the molecule is C[C@@H](O)c1ccccc1CI. The zero-order chi connectivity index (χ0) is 8.27. The molecule has 0 amide bonds. The highest BCUT2D eigenvalue weighted by molar-refractivity contribution is 14.1. The Labute approximate surface area is 80.6 Å². The zero-order valence-corrected chi connectivity index (χ0v) is 8.58. The van der Waals surface area contributed by atoms with Gasteiger partial charge in [-0.05, 0) is 18.1 Å². The molecule has 1 aromatic carbocycles. The number of alkyl halides is 1. The van der Waals surface area contributed by atoms with Gasteiger partial charge < -0.3 is 5.11 Å². The Bertz CT molecular complexity index is 233. The summed E-state index contributed by atoms with van der Waals surface area (Å²) in [6.45, 7) is 1.80. The molecule has 2 heteroatoms. The van der Waals surface area contributed by atoms with Crippen LogP contribution in [0.3, 0.4) is 0 Å². The molecule has 0 unspecified atom stereocenters. The van der Waals surface area contributed by atoms with Gasteiger partial charge in [0, 0.05) is 4.43 Å². The van der Waals surface area contributed by atoms with Crippen LogP contribution in [0.25, 0.3) is 0 Å². The number of rotatable bonds is 2. The largest absolute Gasteiger partial charge is 0.389 e. The third-order valence-electron chi connectivity index (χ3n) is 1.65. The summed E-state index contributed by atoms with van der Waals surface area (Å²) in [5.41, 5.74) is 2.27. The van der Waals surface area contributed by atoms with Crippen LogP contribution in [0.15, 0.2) is 24.3 Å². The minimum absolute atomic E-state index is 0.346. The summed E-state index contributed by atoms with van der Waals surface area (Å²) >= 11 is 2.30. The van der Waals surface area contributed by atoms with Crippen molar-refractivity contribution in [2.45, 2.75) is 17.5 Å². The summed E-state index contributed by atoms with van der Waals surface area (Å²) in [6.07, 6.45) is -0.346. The molecule has 1 nitrogen and oxygen atoms in total. The Kier molecular flexibility index (Phi) is 3.33. The first-order chi connectivity index (χ1) is 5.25. The van der Waals surface area contributed by atoms with E-state index in [4.69, 9.17) is 0 Å². The van der Waals surface area contributed by atoms with Crippen LogP contribution in [0.1, 0.15) is 24.2 Å². The second kappa shape index (κ2) is 4.07. The van der Waals surface area contributed by atoms with Gasteiger partial charge in [0.05, 0.1) is 6.10 Å². The molecule has 0 aliphatic rings. The summed E-state index contributed by atoms with van der Waals surface area (Å²) in [5.74, 6) is 0. The Morgan fingerprint density at radius 3 is 2.55 bits per heavy atom. The average molecular weight is 262 g/mol. The number of hydrogen-bond donors (Lipinski definition) is 1. The van der Waals surface area contributed by atoms with Crippen LogP contribution < -0.4 is 0 Å². The molecule has 0 aliphatic carbocycles. The molecule has 1 aromatic rings. The highest BCUT2D eigenvalue weighted by Gasteiger charge is 2.04. The van der Waals surface area contributed by atoms with E-state index in [1.54, 1.807) is 6.92 Å². The lowest BCUT2D eigenvalue weighted by Gasteiger charge is -2.08. The molecule has 0 heterocycles. The molecule has 1 atom stereocenters. The lowest BCUT2D eigenvalue weighted by atomic mass is 10.1. The van der Waals surface area contributed by atoms with Crippen molar-refractivity contribution in [2.75, 3.05) is 0 Å². The van der Waals surface area contributed by atoms with Crippen LogP contribution >= 0.6 is 22.6 Å². The van der Waals surface area contributed by atoms with Gasteiger partial charge in [0.2, 0.25) is 0 Å². The number of halogens is 1. The maximum atomic E-state index is 9.33. The van der Waals surface area contributed by atoms with E-state index in [1.807, 2.05) is 18.2 Å². The molecule has 1 N–H and O–H groups in total. The van der Waals surface area contributed by atoms with E-state index in [0.29, 0.717) is 0 Å². The van der Waals surface area contributed by atoms with Crippen molar-refractivity contribution < 1.29 is 5.11 Å². The summed E-state index contributed by atoms with van der Waals surface area (Å²) in [4.78, 5) is 0. The summed E-state index contributed by atoms with van der Waals surface area (Å²) in [6, 6.07) is 7.98. The van der Waals surface area contributed by atoms with Crippen LogP contribution in [0.2, 0.25) is 0 Å². The smallest absolute Gasteiger partial charge is 0.0764 e.